The van der Waals surface area contributed by atoms with E-state index in [0.29, 0.717) is 12.3 Å². The van der Waals surface area contributed by atoms with Crippen LogP contribution in [0.15, 0.2) is 36.7 Å². The molecule has 1 aromatic rings. The van der Waals surface area contributed by atoms with Crippen molar-refractivity contribution in [3.63, 3.8) is 0 Å². The van der Waals surface area contributed by atoms with E-state index in [2.05, 4.69) is 11.6 Å². The summed E-state index contributed by atoms with van der Waals surface area (Å²) in [4.78, 5) is 15.3. The Kier molecular flexibility index (Phi) is 1.97. The molecule has 2 nitrogen and oxygen atoms in total. The maximum absolute atomic E-state index is 11.2. The Morgan fingerprint density at radius 2 is 2.31 bits per heavy atom. The van der Waals surface area contributed by atoms with Crippen molar-refractivity contribution in [2.45, 2.75) is 18.8 Å². The smallest absolute Gasteiger partial charge is 0.158 e. The number of nitrogens with zero attached hydrogens (tertiary/aromatic N) is 1. The minimum Gasteiger partial charge on any atom is -0.295 e. The van der Waals surface area contributed by atoms with Gasteiger partial charge >= 0.3 is 0 Å². The summed E-state index contributed by atoms with van der Waals surface area (Å²) in [5.41, 5.74) is 1.91. The van der Waals surface area contributed by atoms with Crippen molar-refractivity contribution in [3.05, 3.63) is 42.2 Å². The van der Waals surface area contributed by atoms with E-state index in [4.69, 9.17) is 0 Å². The zero-order valence-electron chi connectivity index (χ0n) is 7.36. The highest BCUT2D eigenvalue weighted by molar-refractivity contribution is 5.97. The Balaban J connectivity index is 2.21. The van der Waals surface area contributed by atoms with Gasteiger partial charge < -0.3 is 0 Å². The first-order chi connectivity index (χ1) is 6.27. The van der Waals surface area contributed by atoms with Gasteiger partial charge in [-0.3, -0.25) is 9.78 Å². The van der Waals surface area contributed by atoms with Crippen LogP contribution in [0.3, 0.4) is 0 Å². The second-order valence-corrected chi connectivity index (χ2v) is 3.42. The van der Waals surface area contributed by atoms with Crippen LogP contribution in [0.25, 0.3) is 0 Å². The molecule has 2 rings (SSSR count). The predicted molar refractivity (Wildman–Crippen MR) is 50.4 cm³/mol. The summed E-state index contributed by atoms with van der Waals surface area (Å²) in [6.07, 6.45) is 4.97. The summed E-state index contributed by atoms with van der Waals surface area (Å²) in [6, 6.07) is 3.92. The van der Waals surface area contributed by atoms with Crippen LogP contribution in [-0.2, 0) is 4.79 Å². The average molecular weight is 173 g/mol. The van der Waals surface area contributed by atoms with Crippen molar-refractivity contribution in [3.8, 4) is 0 Å². The minimum atomic E-state index is 0.203. The van der Waals surface area contributed by atoms with Crippen LogP contribution in [0.5, 0.6) is 0 Å². The Morgan fingerprint density at radius 3 is 2.85 bits per heavy atom. The van der Waals surface area contributed by atoms with Crippen molar-refractivity contribution in [2.75, 3.05) is 0 Å². The lowest BCUT2D eigenvalue weighted by Crippen LogP contribution is -1.94. The first-order valence-corrected chi connectivity index (χ1v) is 4.38. The molecule has 0 N–H and O–H groups in total. The quantitative estimate of drug-likeness (QED) is 0.608. The van der Waals surface area contributed by atoms with E-state index in [1.165, 1.54) is 0 Å². The van der Waals surface area contributed by atoms with Gasteiger partial charge in [-0.25, -0.2) is 0 Å². The van der Waals surface area contributed by atoms with Crippen molar-refractivity contribution in [2.24, 2.45) is 0 Å². The molecule has 2 heteroatoms. The molecule has 0 spiro atoms. The van der Waals surface area contributed by atoms with Gasteiger partial charge in [0.25, 0.3) is 0 Å². The zero-order valence-corrected chi connectivity index (χ0v) is 7.36. The number of aromatic nitrogens is 1. The molecule has 13 heavy (non-hydrogen) atoms. The van der Waals surface area contributed by atoms with Crippen LogP contribution in [0.2, 0.25) is 0 Å². The molecule has 1 heterocycles. The molecule has 0 aromatic carbocycles. The van der Waals surface area contributed by atoms with Crippen LogP contribution >= 0.6 is 0 Å². The number of hydrogen-bond acceptors (Lipinski definition) is 2. The molecule has 66 valence electrons. The highest BCUT2D eigenvalue weighted by Crippen LogP contribution is 2.33. The van der Waals surface area contributed by atoms with Gasteiger partial charge in [-0.05, 0) is 29.5 Å². The van der Waals surface area contributed by atoms with Gasteiger partial charge in [0.05, 0.1) is 0 Å². The molecule has 1 saturated carbocycles. The maximum atomic E-state index is 11.2. The topological polar surface area (TPSA) is 30.0 Å². The molecule has 0 saturated heterocycles. The number of carbonyl (C=O) groups excluding carboxylic acids is 1. The summed E-state index contributed by atoms with van der Waals surface area (Å²) in [5.74, 6) is 0.516. The molecular weight excluding hydrogens is 162 g/mol. The predicted octanol–water partition coefficient (Wildman–Crippen LogP) is 2.08. The standard InChI is InChI=1S/C11H11NO/c1-8-5-10(6-11(8)13)9-3-2-4-12-7-9/h2-4,7,10H,1,5-6H2. The van der Waals surface area contributed by atoms with E-state index in [-0.39, 0.29) is 5.78 Å². The first-order valence-electron chi connectivity index (χ1n) is 4.38. The van der Waals surface area contributed by atoms with Crippen LogP contribution in [0.1, 0.15) is 24.3 Å². The lowest BCUT2D eigenvalue weighted by molar-refractivity contribution is -0.114. The van der Waals surface area contributed by atoms with Gasteiger partial charge in [-0.1, -0.05) is 12.6 Å². The van der Waals surface area contributed by atoms with Gasteiger partial charge in [0.1, 0.15) is 0 Å². The van der Waals surface area contributed by atoms with Crippen molar-refractivity contribution < 1.29 is 4.79 Å². The molecule has 0 aliphatic heterocycles. The van der Waals surface area contributed by atoms with Crippen molar-refractivity contribution >= 4 is 5.78 Å². The highest BCUT2D eigenvalue weighted by atomic mass is 16.1. The number of ketones is 1. The fourth-order valence-electron chi connectivity index (χ4n) is 1.70. The van der Waals surface area contributed by atoms with Crippen LogP contribution in [-0.4, -0.2) is 10.8 Å². The number of rotatable bonds is 1. The van der Waals surface area contributed by atoms with E-state index in [9.17, 15) is 4.79 Å². The largest absolute Gasteiger partial charge is 0.295 e. The fraction of sp³-hybridized carbons (Fsp3) is 0.273. The fourth-order valence-corrected chi connectivity index (χ4v) is 1.70. The molecular formula is C11H11NO. The first kappa shape index (κ1) is 8.17. The normalized spacial score (nSPS) is 22.3. The molecule has 1 aliphatic rings. The minimum absolute atomic E-state index is 0.203. The van der Waals surface area contributed by atoms with Crippen molar-refractivity contribution in [1.29, 1.82) is 0 Å². The highest BCUT2D eigenvalue weighted by Gasteiger charge is 2.26. The molecule has 1 aliphatic carbocycles. The zero-order chi connectivity index (χ0) is 9.26. The maximum Gasteiger partial charge on any atom is 0.158 e. The molecule has 1 aromatic heterocycles. The molecule has 0 radical (unpaired) electrons. The molecule has 1 atom stereocenters. The van der Waals surface area contributed by atoms with Gasteiger partial charge in [-0.2, -0.15) is 0 Å². The second kappa shape index (κ2) is 3.13. The number of carbonyl (C=O) groups is 1. The Hall–Kier alpha value is -1.44. The summed E-state index contributed by atoms with van der Waals surface area (Å²) in [5, 5.41) is 0. The van der Waals surface area contributed by atoms with E-state index < -0.39 is 0 Å². The summed E-state index contributed by atoms with van der Waals surface area (Å²) in [6.45, 7) is 3.74. The SMILES string of the molecule is C=C1CC(c2cccnc2)CC1=O. The van der Waals surface area contributed by atoms with Crippen LogP contribution in [0, 0.1) is 0 Å². The van der Waals surface area contributed by atoms with Gasteiger partial charge in [0, 0.05) is 18.8 Å². The van der Waals surface area contributed by atoms with E-state index in [1.54, 1.807) is 6.20 Å². The lowest BCUT2D eigenvalue weighted by atomic mass is 9.99. The summed E-state index contributed by atoms with van der Waals surface area (Å²) in [7, 11) is 0. The third kappa shape index (κ3) is 1.52. The Bertz CT molecular complexity index is 326. The monoisotopic (exact) mass is 173 g/mol. The van der Waals surface area contributed by atoms with Crippen LogP contribution in [0.4, 0.5) is 0 Å². The Morgan fingerprint density at radius 1 is 1.46 bits per heavy atom. The number of allylic oxidation sites excluding steroid dienone is 1. The Labute approximate surface area is 77.3 Å². The van der Waals surface area contributed by atoms with E-state index >= 15 is 0 Å². The lowest BCUT2D eigenvalue weighted by Gasteiger charge is -2.05. The number of Topliss-reactive ketones (excluding diaryl/α,β-unsaturated/α-hetero) is 1. The van der Waals surface area contributed by atoms with Gasteiger partial charge in [0.15, 0.2) is 5.78 Å². The van der Waals surface area contributed by atoms with Gasteiger partial charge in [-0.15, -0.1) is 0 Å². The third-order valence-electron chi connectivity index (χ3n) is 2.47. The average Bonchev–Trinajstić information content (AvgIpc) is 2.49. The van der Waals surface area contributed by atoms with E-state index in [1.807, 2.05) is 18.3 Å². The summed E-state index contributed by atoms with van der Waals surface area (Å²) < 4.78 is 0. The van der Waals surface area contributed by atoms with Crippen LogP contribution < -0.4 is 0 Å². The number of pyridine rings is 1. The second-order valence-electron chi connectivity index (χ2n) is 3.42. The molecule has 0 bridgehead atoms. The summed E-state index contributed by atoms with van der Waals surface area (Å²) >= 11 is 0. The number of hydrogen-bond donors (Lipinski definition) is 0. The van der Waals surface area contributed by atoms with Crippen molar-refractivity contribution in [1.82, 2.24) is 4.98 Å². The molecule has 0 amide bonds. The molecule has 1 fully saturated rings. The molecule has 1 unspecified atom stereocenters. The van der Waals surface area contributed by atoms with Gasteiger partial charge in [0.2, 0.25) is 0 Å². The third-order valence-corrected chi connectivity index (χ3v) is 2.47. The van der Waals surface area contributed by atoms with E-state index in [0.717, 1.165) is 17.6 Å².